The van der Waals surface area contributed by atoms with Gasteiger partial charge >= 0.3 is 0 Å². The molecule has 0 radical (unpaired) electrons. The van der Waals surface area contributed by atoms with E-state index in [2.05, 4.69) is 10.6 Å². The van der Waals surface area contributed by atoms with Gasteiger partial charge in [-0.3, -0.25) is 9.59 Å². The van der Waals surface area contributed by atoms with Crippen LogP contribution in [0.5, 0.6) is 0 Å². The van der Waals surface area contributed by atoms with E-state index in [1.165, 1.54) is 25.7 Å². The van der Waals surface area contributed by atoms with Crippen molar-refractivity contribution in [1.29, 1.82) is 0 Å². The van der Waals surface area contributed by atoms with Crippen LogP contribution in [-0.2, 0) is 9.59 Å². The molecule has 2 fully saturated rings. The Morgan fingerprint density at radius 2 is 1.88 bits per heavy atom. The number of hydrogen-bond acceptors (Lipinski definition) is 2. The largest absolute Gasteiger partial charge is 0.355 e. The summed E-state index contributed by atoms with van der Waals surface area (Å²) in [6.45, 7) is 0.511. The smallest absolute Gasteiger partial charge is 0.225 e. The van der Waals surface area contributed by atoms with Crippen LogP contribution in [0, 0.1) is 5.92 Å². The quantitative estimate of drug-likeness (QED) is 0.686. The van der Waals surface area contributed by atoms with E-state index in [9.17, 15) is 9.59 Å². The number of hydrogen-bond donors (Lipinski definition) is 2. The summed E-state index contributed by atoms with van der Waals surface area (Å²) in [6.07, 6.45) is 7.56. The van der Waals surface area contributed by atoms with Crippen molar-refractivity contribution in [2.45, 2.75) is 51.0 Å². The van der Waals surface area contributed by atoms with E-state index in [4.69, 9.17) is 0 Å². The fourth-order valence-electron chi connectivity index (χ4n) is 2.53. The van der Waals surface area contributed by atoms with Gasteiger partial charge in [0.05, 0.1) is 5.92 Å². The highest BCUT2D eigenvalue weighted by atomic mass is 16.2. The topological polar surface area (TPSA) is 58.2 Å². The zero-order chi connectivity index (χ0) is 11.4. The fraction of sp³-hybridized carbons (Fsp3) is 0.833. The van der Waals surface area contributed by atoms with Gasteiger partial charge in [0, 0.05) is 19.0 Å². The molecule has 0 aromatic rings. The Morgan fingerprint density at radius 1 is 1.19 bits per heavy atom. The van der Waals surface area contributed by atoms with Gasteiger partial charge in [0.25, 0.3) is 0 Å². The standard InChI is InChI=1S/C12H20N2O2/c15-11-7-9(8-13-11)12(16)14-10-5-3-1-2-4-6-10/h9-10H,1-8H2,(H,13,15)(H,14,16). The number of amides is 2. The van der Waals surface area contributed by atoms with Gasteiger partial charge in [-0.15, -0.1) is 0 Å². The maximum atomic E-state index is 11.9. The third-order valence-corrected chi connectivity index (χ3v) is 3.55. The second-order valence-electron chi connectivity index (χ2n) is 4.90. The van der Waals surface area contributed by atoms with Crippen molar-refractivity contribution < 1.29 is 9.59 Å². The van der Waals surface area contributed by atoms with Crippen LogP contribution in [0.4, 0.5) is 0 Å². The summed E-state index contributed by atoms with van der Waals surface area (Å²) in [5, 5.41) is 5.79. The van der Waals surface area contributed by atoms with Crippen molar-refractivity contribution in [3.63, 3.8) is 0 Å². The van der Waals surface area contributed by atoms with E-state index < -0.39 is 0 Å². The van der Waals surface area contributed by atoms with Gasteiger partial charge in [0.15, 0.2) is 0 Å². The summed E-state index contributed by atoms with van der Waals surface area (Å²) < 4.78 is 0. The molecule has 90 valence electrons. The summed E-state index contributed by atoms with van der Waals surface area (Å²) in [6, 6.07) is 0.339. The maximum Gasteiger partial charge on any atom is 0.225 e. The molecule has 1 saturated carbocycles. The lowest BCUT2D eigenvalue weighted by Crippen LogP contribution is -2.39. The van der Waals surface area contributed by atoms with Crippen molar-refractivity contribution in [1.82, 2.24) is 10.6 Å². The Kier molecular flexibility index (Phi) is 3.80. The molecular weight excluding hydrogens is 204 g/mol. The van der Waals surface area contributed by atoms with Gasteiger partial charge in [-0.2, -0.15) is 0 Å². The summed E-state index contributed by atoms with van der Waals surface area (Å²) in [5.74, 6) is -0.0815. The SMILES string of the molecule is O=C1CC(C(=O)NC2CCCCCC2)CN1. The molecule has 1 unspecified atom stereocenters. The van der Waals surface area contributed by atoms with E-state index in [0.29, 0.717) is 19.0 Å². The Balaban J connectivity index is 1.79. The molecule has 0 aromatic heterocycles. The Labute approximate surface area is 96.2 Å². The molecule has 1 saturated heterocycles. The van der Waals surface area contributed by atoms with Crippen LogP contribution in [-0.4, -0.2) is 24.4 Å². The number of carbonyl (C=O) groups excluding carboxylic acids is 2. The minimum Gasteiger partial charge on any atom is -0.355 e. The first-order valence-corrected chi connectivity index (χ1v) is 6.33. The molecule has 0 spiro atoms. The molecule has 4 nitrogen and oxygen atoms in total. The number of carbonyl (C=O) groups is 2. The van der Waals surface area contributed by atoms with Gasteiger partial charge in [0.1, 0.15) is 0 Å². The minimum atomic E-state index is -0.143. The lowest BCUT2D eigenvalue weighted by molar-refractivity contribution is -0.127. The molecule has 1 aliphatic carbocycles. The van der Waals surface area contributed by atoms with E-state index >= 15 is 0 Å². The van der Waals surface area contributed by atoms with Crippen LogP contribution >= 0.6 is 0 Å². The predicted molar refractivity (Wildman–Crippen MR) is 60.7 cm³/mol. The molecule has 4 heteroatoms. The van der Waals surface area contributed by atoms with Crippen LogP contribution < -0.4 is 10.6 Å². The van der Waals surface area contributed by atoms with E-state index in [-0.39, 0.29) is 17.7 Å². The van der Waals surface area contributed by atoms with Crippen LogP contribution in [0.1, 0.15) is 44.9 Å². The third-order valence-electron chi connectivity index (χ3n) is 3.55. The molecule has 0 bridgehead atoms. The van der Waals surface area contributed by atoms with Gasteiger partial charge in [-0.25, -0.2) is 0 Å². The van der Waals surface area contributed by atoms with Crippen molar-refractivity contribution in [2.24, 2.45) is 5.92 Å². The molecule has 2 amide bonds. The van der Waals surface area contributed by atoms with E-state index in [1.54, 1.807) is 0 Å². The van der Waals surface area contributed by atoms with Crippen molar-refractivity contribution in [2.75, 3.05) is 6.54 Å². The zero-order valence-electron chi connectivity index (χ0n) is 9.63. The van der Waals surface area contributed by atoms with Crippen molar-refractivity contribution >= 4 is 11.8 Å². The van der Waals surface area contributed by atoms with Gasteiger partial charge in [-0.1, -0.05) is 25.7 Å². The molecule has 2 rings (SSSR count). The van der Waals surface area contributed by atoms with Crippen LogP contribution in [0.15, 0.2) is 0 Å². The molecule has 1 atom stereocenters. The first-order valence-electron chi connectivity index (χ1n) is 6.33. The highest BCUT2D eigenvalue weighted by Gasteiger charge is 2.29. The second-order valence-corrected chi connectivity index (χ2v) is 4.90. The average molecular weight is 224 g/mol. The second kappa shape index (κ2) is 5.32. The molecule has 16 heavy (non-hydrogen) atoms. The van der Waals surface area contributed by atoms with Gasteiger partial charge in [0.2, 0.25) is 11.8 Å². The number of nitrogens with one attached hydrogen (secondary N) is 2. The Morgan fingerprint density at radius 3 is 2.44 bits per heavy atom. The number of rotatable bonds is 2. The molecule has 1 heterocycles. The minimum absolute atomic E-state index is 0.000941. The summed E-state index contributed by atoms with van der Waals surface area (Å²) in [4.78, 5) is 22.9. The normalized spacial score (nSPS) is 27.2. The van der Waals surface area contributed by atoms with Gasteiger partial charge < -0.3 is 10.6 Å². The summed E-state index contributed by atoms with van der Waals surface area (Å²) in [5.41, 5.74) is 0. The Bertz CT molecular complexity index is 270. The maximum absolute atomic E-state index is 11.9. The van der Waals surface area contributed by atoms with Crippen molar-refractivity contribution in [3.05, 3.63) is 0 Å². The van der Waals surface area contributed by atoms with E-state index in [1.807, 2.05) is 0 Å². The summed E-state index contributed by atoms with van der Waals surface area (Å²) >= 11 is 0. The highest BCUT2D eigenvalue weighted by molar-refractivity contribution is 5.89. The van der Waals surface area contributed by atoms with Crippen LogP contribution in [0.25, 0.3) is 0 Å². The van der Waals surface area contributed by atoms with Crippen LogP contribution in [0.2, 0.25) is 0 Å². The first-order chi connectivity index (χ1) is 7.75. The lowest BCUT2D eigenvalue weighted by Gasteiger charge is -2.18. The van der Waals surface area contributed by atoms with E-state index in [0.717, 1.165) is 12.8 Å². The van der Waals surface area contributed by atoms with Crippen molar-refractivity contribution in [3.8, 4) is 0 Å². The first kappa shape index (κ1) is 11.4. The zero-order valence-corrected chi connectivity index (χ0v) is 9.63. The molecular formula is C12H20N2O2. The average Bonchev–Trinajstić information content (AvgIpc) is 2.54. The Hall–Kier alpha value is -1.06. The lowest BCUT2D eigenvalue weighted by atomic mass is 10.0. The van der Waals surface area contributed by atoms with Gasteiger partial charge in [-0.05, 0) is 12.8 Å². The molecule has 2 N–H and O–H groups in total. The highest BCUT2D eigenvalue weighted by Crippen LogP contribution is 2.18. The molecule has 2 aliphatic rings. The fourth-order valence-corrected chi connectivity index (χ4v) is 2.53. The molecule has 1 aliphatic heterocycles. The predicted octanol–water partition coefficient (Wildman–Crippen LogP) is 0.961. The molecule has 0 aromatic carbocycles. The third kappa shape index (κ3) is 2.97. The van der Waals surface area contributed by atoms with Crippen LogP contribution in [0.3, 0.4) is 0 Å². The monoisotopic (exact) mass is 224 g/mol. The summed E-state index contributed by atoms with van der Waals surface area (Å²) in [7, 11) is 0.